The Morgan fingerprint density at radius 2 is 1.87 bits per heavy atom. The number of hydrogen-bond acceptors (Lipinski definition) is 5. The summed E-state index contributed by atoms with van der Waals surface area (Å²) in [4.78, 5) is 21.3. The second-order valence-corrected chi connectivity index (χ2v) is 8.32. The maximum absolute atomic E-state index is 11.4. The monoisotopic (exact) mass is 443 g/mol. The summed E-state index contributed by atoms with van der Waals surface area (Å²) in [6.07, 6.45) is 5.23. The number of benzene rings is 2. The van der Waals surface area contributed by atoms with Crippen molar-refractivity contribution in [3.05, 3.63) is 68.6 Å². The van der Waals surface area contributed by atoms with Crippen LogP contribution in [-0.4, -0.2) is 42.7 Å². The van der Waals surface area contributed by atoms with E-state index in [0.29, 0.717) is 0 Å². The second-order valence-electron chi connectivity index (χ2n) is 7.88. The summed E-state index contributed by atoms with van der Waals surface area (Å²) in [5.74, 6) is 0.260. The molecule has 31 heavy (non-hydrogen) atoms. The molecule has 3 rings (SSSR count). The molecule has 0 unspecified atom stereocenters. The summed E-state index contributed by atoms with van der Waals surface area (Å²) in [7, 11) is 0. The van der Waals surface area contributed by atoms with Crippen molar-refractivity contribution in [1.29, 1.82) is 0 Å². The number of aromatic hydroxyl groups is 1. The van der Waals surface area contributed by atoms with E-state index in [4.69, 9.17) is 0 Å². The molecule has 9 heteroatoms. The molecule has 1 aliphatic heterocycles. The van der Waals surface area contributed by atoms with Crippen LogP contribution in [0, 0.1) is 15.0 Å². The molecule has 0 atom stereocenters. The molecule has 0 saturated heterocycles. The molecule has 2 N–H and O–H groups in total. The van der Waals surface area contributed by atoms with Crippen molar-refractivity contribution in [2.45, 2.75) is 32.1 Å². The third-order valence-electron chi connectivity index (χ3n) is 5.53. The van der Waals surface area contributed by atoms with E-state index in [0.717, 1.165) is 48.2 Å². The number of nitrogens with zero attached hydrogens (tertiary/aromatic N) is 3. The van der Waals surface area contributed by atoms with Crippen molar-refractivity contribution in [3.8, 4) is 5.75 Å². The Morgan fingerprint density at radius 1 is 1.16 bits per heavy atom. The Hall–Kier alpha value is -3.20. The number of thiol groups is 1. The fourth-order valence-electron chi connectivity index (χ4n) is 3.94. The zero-order valence-corrected chi connectivity index (χ0v) is 18.2. The smallest absolute Gasteiger partial charge is 0.365 e. The van der Waals surface area contributed by atoms with Gasteiger partial charge in [0, 0.05) is 35.8 Å². The van der Waals surface area contributed by atoms with E-state index < -0.39 is 27.0 Å². The van der Waals surface area contributed by atoms with E-state index in [2.05, 4.69) is 43.2 Å². The third-order valence-corrected chi connectivity index (χ3v) is 5.85. The average Bonchev–Trinajstić information content (AvgIpc) is 2.94. The Bertz CT molecular complexity index is 1110. The lowest BCUT2D eigenvalue weighted by Gasteiger charge is -2.15. The van der Waals surface area contributed by atoms with Gasteiger partial charge in [0.1, 0.15) is 12.6 Å². The number of para-hydroxylation sites is 1. The van der Waals surface area contributed by atoms with Gasteiger partial charge in [0.05, 0.1) is 15.2 Å². The predicted molar refractivity (Wildman–Crippen MR) is 121 cm³/mol. The van der Waals surface area contributed by atoms with Crippen molar-refractivity contribution in [2.24, 2.45) is 0 Å². The summed E-state index contributed by atoms with van der Waals surface area (Å²) in [6.45, 7) is 4.96. The number of unbranched alkanes of at least 4 members (excludes halogenated alkanes) is 1. The highest BCUT2D eigenvalue weighted by Crippen LogP contribution is 2.41. The molecule has 162 valence electrons. The van der Waals surface area contributed by atoms with E-state index in [1.165, 1.54) is 12.1 Å². The van der Waals surface area contributed by atoms with Gasteiger partial charge in [-0.2, -0.15) is 17.2 Å². The first-order valence-corrected chi connectivity index (χ1v) is 10.5. The Labute approximate surface area is 185 Å². The fourth-order valence-corrected chi connectivity index (χ4v) is 4.16. The molecule has 2 aromatic rings. The van der Waals surface area contributed by atoms with Crippen molar-refractivity contribution in [1.82, 2.24) is 0 Å². The average molecular weight is 444 g/mol. The zero-order chi connectivity index (χ0) is 22.8. The molecule has 0 aromatic heterocycles. The van der Waals surface area contributed by atoms with Crippen LogP contribution in [0.1, 0.15) is 37.8 Å². The van der Waals surface area contributed by atoms with E-state index in [-0.39, 0.29) is 11.0 Å². The van der Waals surface area contributed by atoms with Crippen LogP contribution in [0.15, 0.2) is 42.5 Å². The summed E-state index contributed by atoms with van der Waals surface area (Å²) < 4.78 is 2.20. The molecular weight excluding hydrogens is 418 g/mol. The summed E-state index contributed by atoms with van der Waals surface area (Å²) in [5.41, 5.74) is 1.94. The molecule has 1 aliphatic rings. The molecule has 0 spiro atoms. The Morgan fingerprint density at radius 3 is 2.52 bits per heavy atom. The van der Waals surface area contributed by atoms with Gasteiger partial charge < -0.3 is 5.11 Å². The number of fused-ring (bicyclic) bond motifs is 1. The maximum atomic E-state index is 11.4. The van der Waals surface area contributed by atoms with Crippen LogP contribution in [0.4, 0.5) is 17.1 Å². The van der Waals surface area contributed by atoms with Crippen molar-refractivity contribution in [3.63, 3.8) is 0 Å². The quantitative estimate of drug-likeness (QED) is 0.177. The van der Waals surface area contributed by atoms with Gasteiger partial charge in [0.2, 0.25) is 11.4 Å². The number of nitro benzene ring substituents is 1. The number of hydrogen-bond donors (Lipinski definition) is 3. The van der Waals surface area contributed by atoms with Crippen LogP contribution >= 0.6 is 12.6 Å². The van der Waals surface area contributed by atoms with Gasteiger partial charge in [-0.1, -0.05) is 18.2 Å². The van der Waals surface area contributed by atoms with E-state index in [1.807, 2.05) is 12.1 Å². The van der Waals surface area contributed by atoms with Crippen LogP contribution in [0.2, 0.25) is 0 Å². The second kappa shape index (κ2) is 8.89. The van der Waals surface area contributed by atoms with Crippen LogP contribution in [0.3, 0.4) is 0 Å². The first-order chi connectivity index (χ1) is 14.7. The molecule has 0 radical (unpaired) electrons. The minimum atomic E-state index is -0.684. The summed E-state index contributed by atoms with van der Waals surface area (Å²) >= 11 is 4.29. The van der Waals surface area contributed by atoms with Crippen LogP contribution < -0.4 is 0 Å². The fraction of sp³-hybridized carbons (Fsp3) is 0.318. The number of allylic oxidation sites excluding steroid dienone is 1. The van der Waals surface area contributed by atoms with Crippen LogP contribution in [-0.2, 0) is 5.41 Å². The van der Waals surface area contributed by atoms with Gasteiger partial charge in [-0.05, 0) is 32.1 Å². The lowest BCUT2D eigenvalue weighted by atomic mass is 9.81. The largest absolute Gasteiger partial charge is 0.502 e. The van der Waals surface area contributed by atoms with Gasteiger partial charge in [-0.3, -0.25) is 10.1 Å². The standard InChI is InChI=1S/C22H23N3O5S/c1-22(2)17-7-3-4-8-18(17)23(11-5-6-12-31)20(22)10-9-15-13-16(24(27)28)14-19(21(15)26)25(29)30/h3-4,7-10,13-14H,5-6,11-12H2,1-2H3,(H-,29,30,31)/p+2. The SMILES string of the molecule is CC1(C)C(C=Cc2cc([N+](=O)[O-])cc([N+](=O)O)c2O)=[N+](CCCCS)c2ccccc21. The highest BCUT2D eigenvalue weighted by Gasteiger charge is 2.43. The van der Waals surface area contributed by atoms with Gasteiger partial charge in [-0.15, -0.1) is 0 Å². The van der Waals surface area contributed by atoms with Gasteiger partial charge in [-0.25, -0.2) is 5.21 Å². The highest BCUT2D eigenvalue weighted by molar-refractivity contribution is 7.80. The number of phenols is 1. The molecule has 0 amide bonds. The maximum Gasteiger partial charge on any atom is 0.365 e. The van der Waals surface area contributed by atoms with Crippen molar-refractivity contribution >= 4 is 41.5 Å². The van der Waals surface area contributed by atoms with Crippen LogP contribution in [0.25, 0.3) is 6.08 Å². The molecule has 0 fully saturated rings. The van der Waals surface area contributed by atoms with E-state index in [9.17, 15) is 25.3 Å². The molecule has 1 heterocycles. The Kier molecular flexibility index (Phi) is 6.45. The number of rotatable bonds is 8. The minimum Gasteiger partial charge on any atom is -0.502 e. The first-order valence-electron chi connectivity index (χ1n) is 9.89. The minimum absolute atomic E-state index is 0.0636. The number of phenolic OH excluding ortho intramolecular Hbond substituents is 1. The predicted octanol–water partition coefficient (Wildman–Crippen LogP) is 4.90. The van der Waals surface area contributed by atoms with E-state index >= 15 is 0 Å². The molecule has 0 saturated carbocycles. The summed E-state index contributed by atoms with van der Waals surface area (Å²) in [6, 6.07) is 10.1. The topological polar surface area (TPSA) is 107 Å². The van der Waals surface area contributed by atoms with Crippen molar-refractivity contribution < 1.29 is 24.7 Å². The van der Waals surface area contributed by atoms with E-state index in [1.54, 1.807) is 6.08 Å². The highest BCUT2D eigenvalue weighted by atomic mass is 32.1. The molecule has 0 aliphatic carbocycles. The number of nitro groups is 1. The van der Waals surface area contributed by atoms with Gasteiger partial charge >= 0.3 is 5.69 Å². The normalized spacial score (nSPS) is 14.8. The van der Waals surface area contributed by atoms with Gasteiger partial charge in [0.25, 0.3) is 10.6 Å². The molecule has 2 aromatic carbocycles. The Balaban J connectivity index is 2.12. The zero-order valence-electron chi connectivity index (χ0n) is 17.4. The summed E-state index contributed by atoms with van der Waals surface area (Å²) in [5, 5.41) is 30.8. The lowest BCUT2D eigenvalue weighted by Crippen LogP contribution is -2.27. The molecule has 0 bridgehead atoms. The van der Waals surface area contributed by atoms with Gasteiger partial charge in [0.15, 0.2) is 5.71 Å². The molecule has 8 nitrogen and oxygen atoms in total. The first kappa shape index (κ1) is 22.5. The lowest BCUT2D eigenvalue weighted by molar-refractivity contribution is -0.730. The third kappa shape index (κ3) is 4.32. The molecular formula is C22H25N3O5S+2. The van der Waals surface area contributed by atoms with Crippen molar-refractivity contribution in [2.75, 3.05) is 12.3 Å². The number of non-ortho nitro benzene ring substituents is 1. The van der Waals surface area contributed by atoms with Crippen LogP contribution in [0.5, 0.6) is 5.75 Å².